The van der Waals surface area contributed by atoms with Crippen LogP contribution in [-0.4, -0.2) is 49.9 Å². The van der Waals surface area contributed by atoms with E-state index < -0.39 is 12.1 Å². The lowest BCUT2D eigenvalue weighted by Gasteiger charge is -2.11. The van der Waals surface area contributed by atoms with E-state index >= 15 is 0 Å². The quantitative estimate of drug-likeness (QED) is 0.427. The first-order chi connectivity index (χ1) is 14.7. The number of rotatable bonds is 4. The van der Waals surface area contributed by atoms with Crippen molar-refractivity contribution in [3.05, 3.63) is 59.7 Å². The van der Waals surface area contributed by atoms with E-state index in [1.807, 2.05) is 24.3 Å². The second-order valence-electron chi connectivity index (χ2n) is 6.63. The molecule has 0 unspecified atom stereocenters. The number of hydrogen-bond acceptors (Lipinski definition) is 6. The van der Waals surface area contributed by atoms with Crippen molar-refractivity contribution in [1.29, 1.82) is 0 Å². The van der Waals surface area contributed by atoms with E-state index in [9.17, 15) is 9.59 Å². The molecule has 0 saturated heterocycles. The summed E-state index contributed by atoms with van der Waals surface area (Å²) in [4.78, 5) is 32.7. The molecule has 30 heavy (non-hydrogen) atoms. The van der Waals surface area contributed by atoms with E-state index in [4.69, 9.17) is 0 Å². The van der Waals surface area contributed by atoms with Gasteiger partial charge in [-0.15, -0.1) is 0 Å². The summed E-state index contributed by atoms with van der Waals surface area (Å²) in [6, 6.07) is 13.4. The van der Waals surface area contributed by atoms with Crippen LogP contribution < -0.4 is 32.1 Å². The van der Waals surface area contributed by atoms with Gasteiger partial charge in [0.2, 0.25) is 0 Å². The average molecular weight is 406 g/mol. The van der Waals surface area contributed by atoms with Crippen molar-refractivity contribution in [3.8, 4) is 0 Å². The van der Waals surface area contributed by atoms with Gasteiger partial charge < -0.3 is 21.3 Å². The first kappa shape index (κ1) is 19.2. The van der Waals surface area contributed by atoms with Gasteiger partial charge >= 0.3 is 12.1 Å². The monoisotopic (exact) mass is 406 g/mol. The Morgan fingerprint density at radius 1 is 0.667 bits per heavy atom. The molecule has 2 heterocycles. The lowest BCUT2D eigenvalue weighted by molar-refractivity contribution is 0.237. The summed E-state index contributed by atoms with van der Waals surface area (Å²) in [6.45, 7) is 3.20. The molecule has 6 N–H and O–H groups in total. The van der Waals surface area contributed by atoms with Gasteiger partial charge in [-0.05, 0) is 48.5 Å². The number of carbonyl (C=O) groups excluding carboxylic acids is 2. The van der Waals surface area contributed by atoms with Gasteiger partial charge in [0.05, 0.1) is 13.1 Å². The SMILES string of the molecule is O=C(NNC(=O)Nc1ccc(C2=NCCN2)cc1)Nc1ccc(C2=NCCN2)cc1. The van der Waals surface area contributed by atoms with Crippen LogP contribution in [0.3, 0.4) is 0 Å². The number of aliphatic imine (C=N–C) groups is 2. The number of anilines is 2. The highest BCUT2D eigenvalue weighted by atomic mass is 16.2. The number of hydrogen-bond donors (Lipinski definition) is 6. The zero-order chi connectivity index (χ0) is 20.8. The molecule has 0 aromatic heterocycles. The highest BCUT2D eigenvalue weighted by Crippen LogP contribution is 2.12. The Bertz CT molecular complexity index is 901. The minimum absolute atomic E-state index is 0.560. The molecule has 154 valence electrons. The van der Waals surface area contributed by atoms with Gasteiger partial charge in [0.15, 0.2) is 0 Å². The van der Waals surface area contributed by atoms with Crippen LogP contribution in [0, 0.1) is 0 Å². The average Bonchev–Trinajstić information content (AvgIpc) is 3.48. The number of urea groups is 2. The summed E-state index contributed by atoms with van der Waals surface area (Å²) in [5.74, 6) is 1.70. The predicted octanol–water partition coefficient (Wildman–Crippen LogP) is 1.24. The molecule has 10 heteroatoms. The molecule has 0 aliphatic carbocycles. The lowest BCUT2D eigenvalue weighted by Crippen LogP contribution is -2.45. The molecular weight excluding hydrogens is 384 g/mol. The zero-order valence-corrected chi connectivity index (χ0v) is 16.2. The van der Waals surface area contributed by atoms with Crippen LogP contribution in [0.5, 0.6) is 0 Å². The summed E-state index contributed by atoms with van der Waals surface area (Å²) in [5, 5.41) is 11.7. The van der Waals surface area contributed by atoms with Crippen molar-refractivity contribution >= 4 is 35.1 Å². The molecule has 2 aliphatic rings. The molecular formula is C20H22N8O2. The van der Waals surface area contributed by atoms with Gasteiger partial charge in [-0.25, -0.2) is 20.4 Å². The van der Waals surface area contributed by atoms with Gasteiger partial charge in [-0.2, -0.15) is 0 Å². The number of carbonyl (C=O) groups is 2. The molecule has 0 spiro atoms. The Morgan fingerprint density at radius 3 is 1.40 bits per heavy atom. The van der Waals surface area contributed by atoms with Crippen LogP contribution in [0.25, 0.3) is 0 Å². The van der Waals surface area contributed by atoms with Gasteiger partial charge in [0, 0.05) is 35.6 Å². The number of benzene rings is 2. The summed E-state index contributed by atoms with van der Waals surface area (Å²) in [7, 11) is 0. The molecule has 0 saturated carbocycles. The highest BCUT2D eigenvalue weighted by Gasteiger charge is 2.10. The second-order valence-corrected chi connectivity index (χ2v) is 6.63. The van der Waals surface area contributed by atoms with E-state index in [1.165, 1.54) is 0 Å². The Kier molecular flexibility index (Phi) is 5.74. The fourth-order valence-corrected chi connectivity index (χ4v) is 3.04. The van der Waals surface area contributed by atoms with E-state index in [2.05, 4.69) is 42.1 Å². The van der Waals surface area contributed by atoms with Gasteiger partial charge in [0.25, 0.3) is 0 Å². The van der Waals surface area contributed by atoms with Crippen molar-refractivity contribution in [1.82, 2.24) is 21.5 Å². The van der Waals surface area contributed by atoms with Crippen molar-refractivity contribution in [2.75, 3.05) is 36.8 Å². The number of amides is 4. The van der Waals surface area contributed by atoms with Crippen LogP contribution in [0.15, 0.2) is 58.5 Å². The van der Waals surface area contributed by atoms with E-state index in [0.29, 0.717) is 11.4 Å². The number of nitrogens with zero attached hydrogens (tertiary/aromatic N) is 2. The number of hydrazine groups is 1. The first-order valence-corrected chi connectivity index (χ1v) is 9.59. The van der Waals surface area contributed by atoms with E-state index in [1.54, 1.807) is 24.3 Å². The highest BCUT2D eigenvalue weighted by molar-refractivity contribution is 6.01. The van der Waals surface area contributed by atoms with Crippen LogP contribution in [-0.2, 0) is 0 Å². The van der Waals surface area contributed by atoms with Crippen LogP contribution >= 0.6 is 0 Å². The molecule has 0 fully saturated rings. The molecule has 0 bridgehead atoms. The third kappa shape index (κ3) is 4.85. The zero-order valence-electron chi connectivity index (χ0n) is 16.2. The third-order valence-corrected chi connectivity index (χ3v) is 4.47. The summed E-state index contributed by atoms with van der Waals surface area (Å²) < 4.78 is 0. The Hall–Kier alpha value is -4.08. The Balaban J connectivity index is 1.22. The molecule has 4 rings (SSSR count). The number of nitrogens with one attached hydrogen (secondary N) is 6. The van der Waals surface area contributed by atoms with Gasteiger partial charge in [0.1, 0.15) is 11.7 Å². The molecule has 0 atom stereocenters. The molecule has 10 nitrogen and oxygen atoms in total. The maximum absolute atomic E-state index is 12.0. The second kappa shape index (κ2) is 8.95. The van der Waals surface area contributed by atoms with Crippen molar-refractivity contribution in [2.24, 2.45) is 9.98 Å². The minimum atomic E-state index is -0.560. The maximum Gasteiger partial charge on any atom is 0.337 e. The van der Waals surface area contributed by atoms with Crippen molar-refractivity contribution in [3.63, 3.8) is 0 Å². The molecule has 0 radical (unpaired) electrons. The van der Waals surface area contributed by atoms with Crippen LogP contribution in [0.1, 0.15) is 11.1 Å². The fourth-order valence-electron chi connectivity index (χ4n) is 3.04. The summed E-state index contributed by atoms with van der Waals surface area (Å²) in [5.41, 5.74) is 7.70. The standard InChI is InChI=1S/C20H22N8O2/c29-19(25-15-5-1-13(2-6-15)17-21-9-10-22-17)27-28-20(30)26-16-7-3-14(4-8-16)18-23-11-12-24-18/h1-8H,9-12H2,(H,21,22)(H,23,24)(H2,25,27,29)(H2,26,28,30). The normalized spacial score (nSPS) is 14.7. The molecule has 4 amide bonds. The first-order valence-electron chi connectivity index (χ1n) is 9.59. The van der Waals surface area contributed by atoms with E-state index in [-0.39, 0.29) is 0 Å². The molecule has 2 aliphatic heterocycles. The van der Waals surface area contributed by atoms with Gasteiger partial charge in [-0.1, -0.05) is 0 Å². The van der Waals surface area contributed by atoms with Crippen molar-refractivity contribution in [2.45, 2.75) is 0 Å². The van der Waals surface area contributed by atoms with Gasteiger partial charge in [-0.3, -0.25) is 9.98 Å². The predicted molar refractivity (Wildman–Crippen MR) is 116 cm³/mol. The maximum atomic E-state index is 12.0. The Morgan fingerprint density at radius 2 is 1.07 bits per heavy atom. The fraction of sp³-hybridized carbons (Fsp3) is 0.200. The summed E-state index contributed by atoms with van der Waals surface area (Å²) >= 11 is 0. The Labute approximate surface area is 173 Å². The third-order valence-electron chi connectivity index (χ3n) is 4.47. The molecule has 2 aromatic rings. The lowest BCUT2D eigenvalue weighted by atomic mass is 10.2. The topological polar surface area (TPSA) is 131 Å². The number of amidine groups is 2. The van der Waals surface area contributed by atoms with Crippen molar-refractivity contribution < 1.29 is 9.59 Å². The molecule has 2 aromatic carbocycles. The van der Waals surface area contributed by atoms with Crippen LogP contribution in [0.2, 0.25) is 0 Å². The van der Waals surface area contributed by atoms with E-state index in [0.717, 1.165) is 49.0 Å². The summed E-state index contributed by atoms with van der Waals surface area (Å²) in [6.07, 6.45) is 0. The van der Waals surface area contributed by atoms with Crippen LogP contribution in [0.4, 0.5) is 21.0 Å². The minimum Gasteiger partial charge on any atom is -0.368 e. The largest absolute Gasteiger partial charge is 0.368 e. The smallest absolute Gasteiger partial charge is 0.337 e.